The van der Waals surface area contributed by atoms with Crippen LogP contribution in [0.15, 0.2) is 77.2 Å². The highest BCUT2D eigenvalue weighted by Crippen LogP contribution is 2.22. The Labute approximate surface area is 176 Å². The van der Waals surface area contributed by atoms with Crippen LogP contribution in [0.2, 0.25) is 0 Å². The van der Waals surface area contributed by atoms with Crippen LogP contribution in [0.5, 0.6) is 5.75 Å². The van der Waals surface area contributed by atoms with Crippen molar-refractivity contribution in [2.24, 2.45) is 0 Å². The maximum atomic E-state index is 11.2. The first-order valence-electron chi connectivity index (χ1n) is 9.92. The molecule has 0 fully saturated rings. The summed E-state index contributed by atoms with van der Waals surface area (Å²) in [6.45, 7) is 4.59. The van der Waals surface area contributed by atoms with Gasteiger partial charge in [-0.05, 0) is 43.7 Å². The number of benzene rings is 2. The predicted molar refractivity (Wildman–Crippen MR) is 117 cm³/mol. The third-order valence-electron chi connectivity index (χ3n) is 4.32. The summed E-state index contributed by atoms with van der Waals surface area (Å²) in [7, 11) is 0. The topological polar surface area (TPSA) is 61.6 Å². The number of allylic oxidation sites excluding steroid dienone is 2. The lowest BCUT2D eigenvalue weighted by Gasteiger charge is -2.05. The average Bonchev–Trinajstić information content (AvgIpc) is 3.14. The fraction of sp³-hybridized carbons (Fsp3) is 0.200. The molecule has 0 unspecified atom stereocenters. The van der Waals surface area contributed by atoms with Crippen LogP contribution in [0.1, 0.15) is 23.9 Å². The number of esters is 1. The molecule has 0 spiro atoms. The molecule has 3 aromatic rings. The Balaban J connectivity index is 1.49. The zero-order chi connectivity index (χ0) is 21.2. The van der Waals surface area contributed by atoms with Gasteiger partial charge in [0.2, 0.25) is 5.89 Å². The Hall–Kier alpha value is -3.60. The Morgan fingerprint density at radius 2 is 1.83 bits per heavy atom. The summed E-state index contributed by atoms with van der Waals surface area (Å²) in [5.41, 5.74) is 2.88. The SMILES string of the molecule is CCOC(=O)/C=C/C=C/c1ccc(OCCc2nc(-c3ccccc3)oc2C)cc1. The second-order valence-corrected chi connectivity index (χ2v) is 6.53. The van der Waals surface area contributed by atoms with E-state index in [0.717, 1.165) is 28.3 Å². The quantitative estimate of drug-likeness (QED) is 0.272. The van der Waals surface area contributed by atoms with Gasteiger partial charge in [-0.25, -0.2) is 9.78 Å². The number of hydrogen-bond donors (Lipinski definition) is 0. The number of aromatic nitrogens is 1. The molecule has 1 heterocycles. The van der Waals surface area contributed by atoms with Crippen molar-refractivity contribution in [1.29, 1.82) is 0 Å². The number of carbonyl (C=O) groups excluding carboxylic acids is 1. The van der Waals surface area contributed by atoms with Crippen molar-refractivity contribution in [1.82, 2.24) is 4.98 Å². The molecule has 0 aliphatic carbocycles. The summed E-state index contributed by atoms with van der Waals surface area (Å²) in [6.07, 6.45) is 7.43. The van der Waals surface area contributed by atoms with Crippen molar-refractivity contribution in [2.45, 2.75) is 20.3 Å². The predicted octanol–water partition coefficient (Wildman–Crippen LogP) is 5.40. The standard InChI is InChI=1S/C25H25NO4/c1-3-28-24(27)12-8-7-9-20-13-15-22(16-14-20)29-18-17-23-19(2)30-25(26-23)21-10-5-4-6-11-21/h4-16H,3,17-18H2,1-2H3/b9-7+,12-8+. The summed E-state index contributed by atoms with van der Waals surface area (Å²) < 4.78 is 16.4. The summed E-state index contributed by atoms with van der Waals surface area (Å²) in [5.74, 6) is 1.90. The molecule has 5 heteroatoms. The molecule has 0 amide bonds. The first kappa shape index (κ1) is 21.1. The van der Waals surface area contributed by atoms with Crippen molar-refractivity contribution in [2.75, 3.05) is 13.2 Å². The van der Waals surface area contributed by atoms with Gasteiger partial charge in [0.05, 0.1) is 18.9 Å². The lowest BCUT2D eigenvalue weighted by molar-refractivity contribution is -0.137. The first-order chi connectivity index (χ1) is 14.7. The second-order valence-electron chi connectivity index (χ2n) is 6.53. The molecule has 30 heavy (non-hydrogen) atoms. The fourth-order valence-corrected chi connectivity index (χ4v) is 2.80. The Morgan fingerprint density at radius 1 is 1.07 bits per heavy atom. The molecular formula is C25H25NO4. The molecule has 0 saturated carbocycles. The van der Waals surface area contributed by atoms with Gasteiger partial charge in [-0.15, -0.1) is 0 Å². The third-order valence-corrected chi connectivity index (χ3v) is 4.32. The zero-order valence-corrected chi connectivity index (χ0v) is 17.2. The number of hydrogen-bond acceptors (Lipinski definition) is 5. The largest absolute Gasteiger partial charge is 0.493 e. The van der Waals surface area contributed by atoms with Gasteiger partial charge in [0, 0.05) is 18.1 Å². The smallest absolute Gasteiger partial charge is 0.330 e. The average molecular weight is 403 g/mol. The highest BCUT2D eigenvalue weighted by Gasteiger charge is 2.11. The fourth-order valence-electron chi connectivity index (χ4n) is 2.80. The molecule has 1 aromatic heterocycles. The Bertz CT molecular complexity index is 1000. The molecule has 5 nitrogen and oxygen atoms in total. The minimum absolute atomic E-state index is 0.343. The lowest BCUT2D eigenvalue weighted by atomic mass is 10.2. The van der Waals surface area contributed by atoms with Crippen LogP contribution in [0.4, 0.5) is 0 Å². The van der Waals surface area contributed by atoms with Crippen LogP contribution < -0.4 is 4.74 Å². The molecule has 0 aliphatic heterocycles. The number of rotatable bonds is 9. The van der Waals surface area contributed by atoms with Crippen molar-refractivity contribution in [3.8, 4) is 17.2 Å². The van der Waals surface area contributed by atoms with Crippen molar-refractivity contribution in [3.05, 3.63) is 89.8 Å². The van der Waals surface area contributed by atoms with Crippen LogP contribution >= 0.6 is 0 Å². The van der Waals surface area contributed by atoms with E-state index in [1.54, 1.807) is 19.1 Å². The Kier molecular flexibility index (Phi) is 7.61. The van der Waals surface area contributed by atoms with Gasteiger partial charge in [-0.3, -0.25) is 0 Å². The third kappa shape index (κ3) is 6.21. The highest BCUT2D eigenvalue weighted by molar-refractivity contribution is 5.82. The van der Waals surface area contributed by atoms with Crippen molar-refractivity contribution < 1.29 is 18.7 Å². The molecule has 0 atom stereocenters. The van der Waals surface area contributed by atoms with Crippen LogP contribution in [0.25, 0.3) is 17.5 Å². The van der Waals surface area contributed by atoms with E-state index in [1.807, 2.05) is 67.6 Å². The minimum atomic E-state index is -0.343. The van der Waals surface area contributed by atoms with Gasteiger partial charge in [0.25, 0.3) is 0 Å². The number of nitrogens with zero attached hydrogens (tertiary/aromatic N) is 1. The normalized spacial score (nSPS) is 11.3. The summed E-state index contributed by atoms with van der Waals surface area (Å²) in [5, 5.41) is 0. The molecule has 154 valence electrons. The van der Waals surface area contributed by atoms with E-state index >= 15 is 0 Å². The second kappa shape index (κ2) is 10.8. The van der Waals surface area contributed by atoms with Crippen molar-refractivity contribution in [3.63, 3.8) is 0 Å². The van der Waals surface area contributed by atoms with E-state index in [9.17, 15) is 4.79 Å². The van der Waals surface area contributed by atoms with E-state index in [1.165, 1.54) is 6.08 Å². The lowest BCUT2D eigenvalue weighted by Crippen LogP contribution is -2.02. The Morgan fingerprint density at radius 3 is 2.57 bits per heavy atom. The maximum absolute atomic E-state index is 11.2. The van der Waals surface area contributed by atoms with Crippen LogP contribution in [0.3, 0.4) is 0 Å². The van der Waals surface area contributed by atoms with Gasteiger partial charge in [-0.2, -0.15) is 0 Å². The highest BCUT2D eigenvalue weighted by atomic mass is 16.5. The van der Waals surface area contributed by atoms with Crippen LogP contribution in [-0.4, -0.2) is 24.2 Å². The van der Waals surface area contributed by atoms with Crippen LogP contribution in [-0.2, 0) is 16.0 Å². The van der Waals surface area contributed by atoms with Gasteiger partial charge in [-0.1, -0.05) is 48.6 Å². The van der Waals surface area contributed by atoms with Gasteiger partial charge in [0.1, 0.15) is 11.5 Å². The van der Waals surface area contributed by atoms with Crippen LogP contribution in [0, 0.1) is 6.92 Å². The number of carbonyl (C=O) groups is 1. The van der Waals surface area contributed by atoms with Crippen molar-refractivity contribution >= 4 is 12.0 Å². The zero-order valence-electron chi connectivity index (χ0n) is 17.2. The van der Waals surface area contributed by atoms with Gasteiger partial charge in [0.15, 0.2) is 0 Å². The van der Waals surface area contributed by atoms with E-state index in [-0.39, 0.29) is 5.97 Å². The molecule has 2 aromatic carbocycles. The van der Waals surface area contributed by atoms with E-state index < -0.39 is 0 Å². The molecular weight excluding hydrogens is 378 g/mol. The maximum Gasteiger partial charge on any atom is 0.330 e. The number of aryl methyl sites for hydroxylation is 1. The molecule has 3 rings (SSSR count). The molecule has 0 saturated heterocycles. The van der Waals surface area contributed by atoms with Gasteiger partial charge < -0.3 is 13.9 Å². The molecule has 0 N–H and O–H groups in total. The van der Waals surface area contributed by atoms with E-state index in [4.69, 9.17) is 13.9 Å². The summed E-state index contributed by atoms with van der Waals surface area (Å²) in [4.78, 5) is 15.8. The molecule has 0 aliphatic rings. The minimum Gasteiger partial charge on any atom is -0.493 e. The summed E-state index contributed by atoms with van der Waals surface area (Å²) in [6, 6.07) is 17.6. The summed E-state index contributed by atoms with van der Waals surface area (Å²) >= 11 is 0. The van der Waals surface area contributed by atoms with Gasteiger partial charge >= 0.3 is 5.97 Å². The molecule has 0 radical (unpaired) electrons. The number of oxazole rings is 1. The van der Waals surface area contributed by atoms with E-state index in [0.29, 0.717) is 25.5 Å². The number of ether oxygens (including phenoxy) is 2. The molecule has 0 bridgehead atoms. The monoisotopic (exact) mass is 403 g/mol. The van der Waals surface area contributed by atoms with E-state index in [2.05, 4.69) is 4.98 Å². The first-order valence-corrected chi connectivity index (χ1v) is 9.92.